The Hall–Kier alpha value is -2.99. The van der Waals surface area contributed by atoms with Crippen molar-refractivity contribution in [3.05, 3.63) is 82.0 Å². The molecule has 1 aliphatic heterocycles. The van der Waals surface area contributed by atoms with Crippen molar-refractivity contribution in [1.82, 2.24) is 0 Å². The molecular weight excluding hydrogens is 363 g/mol. The van der Waals surface area contributed by atoms with Crippen LogP contribution in [0.1, 0.15) is 38.7 Å². The minimum atomic E-state index is -0.338. The second kappa shape index (κ2) is 6.96. The van der Waals surface area contributed by atoms with Gasteiger partial charge in [0, 0.05) is 18.0 Å². The Morgan fingerprint density at radius 3 is 2.70 bits per heavy atom. The second-order valence-electron chi connectivity index (χ2n) is 6.48. The minimum absolute atomic E-state index is 0.131. The molecule has 0 saturated heterocycles. The molecule has 1 unspecified atom stereocenters. The third kappa shape index (κ3) is 3.36. The Kier molecular flexibility index (Phi) is 4.49. The van der Waals surface area contributed by atoms with Crippen LogP contribution in [-0.2, 0) is 4.79 Å². The van der Waals surface area contributed by atoms with Gasteiger partial charge in [-0.2, -0.15) is 0 Å². The number of anilines is 2. The van der Waals surface area contributed by atoms with E-state index in [9.17, 15) is 14.0 Å². The molecule has 0 spiro atoms. The van der Waals surface area contributed by atoms with Crippen molar-refractivity contribution in [3.8, 4) is 0 Å². The van der Waals surface area contributed by atoms with Crippen LogP contribution < -0.4 is 10.6 Å². The van der Waals surface area contributed by atoms with Gasteiger partial charge in [0.1, 0.15) is 5.82 Å². The lowest BCUT2D eigenvalue weighted by Gasteiger charge is -2.24. The Balaban J connectivity index is 1.73. The SMILES string of the molecule is Cc1c(C(=O)Nc2ccccc2)sc2c1C(c1cccc(F)c1)CC(=O)N2. The lowest BCUT2D eigenvalue weighted by molar-refractivity contribution is -0.116. The van der Waals surface area contributed by atoms with Crippen LogP contribution in [0.3, 0.4) is 0 Å². The highest BCUT2D eigenvalue weighted by atomic mass is 32.1. The van der Waals surface area contributed by atoms with Crippen molar-refractivity contribution in [3.63, 3.8) is 0 Å². The first-order chi connectivity index (χ1) is 13.0. The molecule has 0 radical (unpaired) electrons. The Labute approximate surface area is 160 Å². The zero-order valence-electron chi connectivity index (χ0n) is 14.6. The fourth-order valence-electron chi connectivity index (χ4n) is 3.44. The largest absolute Gasteiger partial charge is 0.321 e. The van der Waals surface area contributed by atoms with E-state index in [0.717, 1.165) is 16.7 Å². The fraction of sp³-hybridized carbons (Fsp3) is 0.143. The molecule has 2 N–H and O–H groups in total. The number of hydrogen-bond donors (Lipinski definition) is 2. The van der Waals surface area contributed by atoms with Crippen molar-refractivity contribution < 1.29 is 14.0 Å². The normalized spacial score (nSPS) is 15.8. The topological polar surface area (TPSA) is 58.2 Å². The molecule has 1 aliphatic rings. The third-order valence-electron chi connectivity index (χ3n) is 4.67. The van der Waals surface area contributed by atoms with E-state index in [2.05, 4.69) is 10.6 Å². The molecule has 2 heterocycles. The van der Waals surface area contributed by atoms with Gasteiger partial charge in [0.25, 0.3) is 5.91 Å². The van der Waals surface area contributed by atoms with Crippen molar-refractivity contribution in [2.45, 2.75) is 19.3 Å². The molecule has 6 heteroatoms. The highest BCUT2D eigenvalue weighted by Gasteiger charge is 2.33. The third-order valence-corrected chi connectivity index (χ3v) is 5.90. The zero-order chi connectivity index (χ0) is 19.0. The minimum Gasteiger partial charge on any atom is -0.321 e. The summed E-state index contributed by atoms with van der Waals surface area (Å²) in [4.78, 5) is 25.5. The van der Waals surface area contributed by atoms with E-state index in [0.29, 0.717) is 15.6 Å². The van der Waals surface area contributed by atoms with Crippen LogP contribution in [0.4, 0.5) is 15.1 Å². The summed E-state index contributed by atoms with van der Waals surface area (Å²) in [6.45, 7) is 1.87. The predicted octanol–water partition coefficient (Wildman–Crippen LogP) is 4.92. The number of rotatable bonds is 3. The van der Waals surface area contributed by atoms with Gasteiger partial charge in [-0.1, -0.05) is 30.3 Å². The summed E-state index contributed by atoms with van der Waals surface area (Å²) in [6.07, 6.45) is 0.230. The molecule has 0 fully saturated rings. The van der Waals surface area contributed by atoms with E-state index < -0.39 is 0 Å². The maximum absolute atomic E-state index is 13.7. The summed E-state index contributed by atoms with van der Waals surface area (Å²) in [5, 5.41) is 6.41. The molecule has 1 atom stereocenters. The van der Waals surface area contributed by atoms with Gasteiger partial charge in [0.2, 0.25) is 5.91 Å². The summed E-state index contributed by atoms with van der Waals surface area (Å²) in [6, 6.07) is 15.5. The van der Waals surface area contributed by atoms with E-state index in [-0.39, 0.29) is 30.0 Å². The van der Waals surface area contributed by atoms with Crippen LogP contribution in [-0.4, -0.2) is 11.8 Å². The van der Waals surface area contributed by atoms with Crippen LogP contribution in [0.2, 0.25) is 0 Å². The summed E-state index contributed by atoms with van der Waals surface area (Å²) in [5.74, 6) is -0.952. The number of thiophene rings is 1. The molecule has 4 rings (SSSR count). The number of halogens is 1. The van der Waals surface area contributed by atoms with Gasteiger partial charge in [-0.3, -0.25) is 9.59 Å². The van der Waals surface area contributed by atoms with Crippen LogP contribution >= 0.6 is 11.3 Å². The smallest absolute Gasteiger partial charge is 0.266 e. The molecule has 0 saturated carbocycles. The fourth-order valence-corrected chi connectivity index (χ4v) is 4.62. The lowest BCUT2D eigenvalue weighted by Crippen LogP contribution is -2.22. The predicted molar refractivity (Wildman–Crippen MR) is 105 cm³/mol. The molecule has 3 aromatic rings. The van der Waals surface area contributed by atoms with Crippen molar-refractivity contribution in [2.24, 2.45) is 0 Å². The van der Waals surface area contributed by atoms with Crippen LogP contribution in [0.5, 0.6) is 0 Å². The number of hydrogen-bond acceptors (Lipinski definition) is 3. The molecule has 136 valence electrons. The summed E-state index contributed by atoms with van der Waals surface area (Å²) in [7, 11) is 0. The van der Waals surface area contributed by atoms with Gasteiger partial charge in [0.15, 0.2) is 0 Å². The number of carbonyl (C=O) groups excluding carboxylic acids is 2. The van der Waals surface area contributed by atoms with Crippen molar-refractivity contribution in [2.75, 3.05) is 10.6 Å². The standard InChI is InChI=1S/C21H17FN2O2S/c1-12-18-16(13-6-5-7-14(22)10-13)11-17(25)24-21(18)27-19(12)20(26)23-15-8-3-2-4-9-15/h2-10,16H,11H2,1H3,(H,23,26)(H,24,25). The van der Waals surface area contributed by atoms with E-state index >= 15 is 0 Å². The molecule has 1 aromatic heterocycles. The quantitative estimate of drug-likeness (QED) is 0.677. The molecule has 2 aromatic carbocycles. The Bertz CT molecular complexity index is 1030. The van der Waals surface area contributed by atoms with Gasteiger partial charge in [0.05, 0.1) is 9.88 Å². The molecule has 27 heavy (non-hydrogen) atoms. The van der Waals surface area contributed by atoms with Crippen LogP contribution in [0.15, 0.2) is 54.6 Å². The van der Waals surface area contributed by atoms with Gasteiger partial charge < -0.3 is 10.6 Å². The second-order valence-corrected chi connectivity index (χ2v) is 7.50. The summed E-state index contributed by atoms with van der Waals surface area (Å²) >= 11 is 1.26. The maximum Gasteiger partial charge on any atom is 0.266 e. The van der Waals surface area contributed by atoms with E-state index in [1.54, 1.807) is 6.07 Å². The number of para-hydroxylation sites is 1. The number of nitrogens with one attached hydrogen (secondary N) is 2. The van der Waals surface area contributed by atoms with E-state index in [1.807, 2.05) is 43.3 Å². The van der Waals surface area contributed by atoms with Gasteiger partial charge in [-0.25, -0.2) is 4.39 Å². The monoisotopic (exact) mass is 380 g/mol. The number of amides is 2. The van der Waals surface area contributed by atoms with Gasteiger partial charge >= 0.3 is 0 Å². The Morgan fingerprint density at radius 1 is 1.19 bits per heavy atom. The first-order valence-corrected chi connectivity index (χ1v) is 9.39. The van der Waals surface area contributed by atoms with E-state index in [4.69, 9.17) is 0 Å². The molecule has 0 aliphatic carbocycles. The van der Waals surface area contributed by atoms with Crippen molar-refractivity contribution >= 4 is 33.8 Å². The van der Waals surface area contributed by atoms with Gasteiger partial charge in [-0.05, 0) is 47.9 Å². The molecule has 2 amide bonds. The lowest BCUT2D eigenvalue weighted by atomic mass is 9.85. The average molecular weight is 380 g/mol. The van der Waals surface area contributed by atoms with Crippen LogP contribution in [0.25, 0.3) is 0 Å². The Morgan fingerprint density at radius 2 is 1.96 bits per heavy atom. The average Bonchev–Trinajstić information content (AvgIpc) is 2.98. The highest BCUT2D eigenvalue weighted by molar-refractivity contribution is 7.18. The number of benzene rings is 2. The molecule has 0 bridgehead atoms. The first-order valence-electron chi connectivity index (χ1n) is 8.58. The highest BCUT2D eigenvalue weighted by Crippen LogP contribution is 2.45. The first kappa shape index (κ1) is 17.4. The zero-order valence-corrected chi connectivity index (χ0v) is 15.4. The molecular formula is C21H17FN2O2S. The molecule has 4 nitrogen and oxygen atoms in total. The van der Waals surface area contributed by atoms with E-state index in [1.165, 1.54) is 23.5 Å². The van der Waals surface area contributed by atoms with Crippen LogP contribution in [0, 0.1) is 12.7 Å². The summed E-state index contributed by atoms with van der Waals surface area (Å²) < 4.78 is 13.7. The maximum atomic E-state index is 13.7. The number of fused-ring (bicyclic) bond motifs is 1. The van der Waals surface area contributed by atoms with Crippen molar-refractivity contribution in [1.29, 1.82) is 0 Å². The number of carbonyl (C=O) groups is 2. The van der Waals surface area contributed by atoms with Gasteiger partial charge in [-0.15, -0.1) is 11.3 Å². The summed E-state index contributed by atoms with van der Waals surface area (Å²) in [5.41, 5.74) is 3.15.